The molecule has 1 aliphatic carbocycles. The maximum atomic E-state index is 14.2. The molecule has 5 nitrogen and oxygen atoms in total. The Morgan fingerprint density at radius 1 is 1.10 bits per heavy atom. The summed E-state index contributed by atoms with van der Waals surface area (Å²) in [6, 6.07) is 15.1. The Balaban J connectivity index is 1.41. The van der Waals surface area contributed by atoms with Crippen LogP contribution in [-0.4, -0.2) is 22.5 Å². The number of alkyl halides is 3. The van der Waals surface area contributed by atoms with Crippen molar-refractivity contribution in [3.63, 3.8) is 0 Å². The molecule has 1 aliphatic rings. The lowest BCUT2D eigenvalue weighted by Gasteiger charge is -2.24. The fourth-order valence-corrected chi connectivity index (χ4v) is 6.10. The number of carbonyl (C=O) groups is 1. The molecular weight excluding hydrogens is 584 g/mol. The molecule has 1 heterocycles. The van der Waals surface area contributed by atoms with E-state index in [0.29, 0.717) is 32.8 Å². The summed E-state index contributed by atoms with van der Waals surface area (Å²) >= 11 is 14.2. The number of anilines is 1. The predicted octanol–water partition coefficient (Wildman–Crippen LogP) is 8.93. The minimum atomic E-state index is -4.63. The van der Waals surface area contributed by atoms with Gasteiger partial charge in [-0.3, -0.25) is 0 Å². The van der Waals surface area contributed by atoms with E-state index in [4.69, 9.17) is 33.0 Å². The van der Waals surface area contributed by atoms with Crippen LogP contribution in [0, 0.1) is 0 Å². The summed E-state index contributed by atoms with van der Waals surface area (Å²) in [5, 5.41) is 9.94. The average Bonchev–Trinajstić information content (AvgIpc) is 3.67. The number of ether oxygens (including phenoxy) is 1. The molecule has 0 radical (unpaired) electrons. The minimum absolute atomic E-state index is 0.0155. The molecule has 0 aliphatic heterocycles. The standard InChI is InChI=1S/C29H23Cl2F3N2O3S/c1-36(14-16-5-7-18(8-6-16)28(37)38)24-12-11-19(13-21(24)29(32,33)34)39-15-20-26(35-40-27(20)17-9-10-17)25-22(30)3-2-4-23(25)31/h2-8,11-13,17H,9-10,14-15H2,1H3,(H,37,38). The number of aromatic carboxylic acids is 1. The highest BCUT2D eigenvalue weighted by Gasteiger charge is 2.35. The van der Waals surface area contributed by atoms with Crippen molar-refractivity contribution >= 4 is 46.4 Å². The molecule has 0 amide bonds. The minimum Gasteiger partial charge on any atom is -0.489 e. The number of halogens is 5. The molecular formula is C29H23Cl2F3N2O3S. The molecule has 11 heteroatoms. The van der Waals surface area contributed by atoms with E-state index in [0.717, 1.165) is 29.3 Å². The molecule has 0 bridgehead atoms. The fraction of sp³-hybridized carbons (Fsp3) is 0.241. The zero-order valence-electron chi connectivity index (χ0n) is 21.1. The quantitative estimate of drug-likeness (QED) is 0.206. The first kappa shape index (κ1) is 28.3. The van der Waals surface area contributed by atoms with Crippen molar-refractivity contribution in [2.75, 3.05) is 11.9 Å². The molecule has 0 atom stereocenters. The van der Waals surface area contributed by atoms with E-state index >= 15 is 0 Å². The van der Waals surface area contributed by atoms with E-state index in [1.807, 2.05) is 0 Å². The smallest absolute Gasteiger partial charge is 0.418 e. The Hall–Kier alpha value is -3.27. The van der Waals surface area contributed by atoms with Crippen molar-refractivity contribution in [2.24, 2.45) is 0 Å². The van der Waals surface area contributed by atoms with Crippen LogP contribution in [0.5, 0.6) is 5.75 Å². The molecule has 0 spiro atoms. The predicted molar refractivity (Wildman–Crippen MR) is 151 cm³/mol. The van der Waals surface area contributed by atoms with Gasteiger partial charge in [-0.2, -0.15) is 17.5 Å². The van der Waals surface area contributed by atoms with Gasteiger partial charge in [0, 0.05) is 35.3 Å². The van der Waals surface area contributed by atoms with Crippen LogP contribution in [0.4, 0.5) is 18.9 Å². The van der Waals surface area contributed by atoms with Gasteiger partial charge in [0.1, 0.15) is 12.4 Å². The first-order chi connectivity index (χ1) is 19.0. The lowest BCUT2D eigenvalue weighted by Crippen LogP contribution is -2.21. The summed E-state index contributed by atoms with van der Waals surface area (Å²) in [7, 11) is 1.55. The van der Waals surface area contributed by atoms with E-state index in [-0.39, 0.29) is 30.2 Å². The number of benzene rings is 3. The van der Waals surface area contributed by atoms with Gasteiger partial charge in [-0.15, -0.1) is 0 Å². The molecule has 1 saturated carbocycles. The third-order valence-electron chi connectivity index (χ3n) is 6.65. The normalized spacial score (nSPS) is 13.3. The third-order valence-corrected chi connectivity index (χ3v) is 8.33. The molecule has 1 N–H and O–H groups in total. The van der Waals surface area contributed by atoms with Crippen LogP contribution in [0.3, 0.4) is 0 Å². The lowest BCUT2D eigenvalue weighted by molar-refractivity contribution is -0.137. The Labute approximate surface area is 242 Å². The van der Waals surface area contributed by atoms with Crippen LogP contribution in [0.1, 0.15) is 50.7 Å². The Bertz CT molecular complexity index is 1530. The zero-order chi connectivity index (χ0) is 28.6. The van der Waals surface area contributed by atoms with Gasteiger partial charge in [0.05, 0.1) is 26.9 Å². The monoisotopic (exact) mass is 606 g/mol. The second-order valence-corrected chi connectivity index (χ2v) is 11.2. The Morgan fingerprint density at radius 3 is 2.38 bits per heavy atom. The first-order valence-electron chi connectivity index (χ1n) is 12.3. The number of hydrogen-bond donors (Lipinski definition) is 1. The molecule has 1 aromatic heterocycles. The average molecular weight is 607 g/mol. The van der Waals surface area contributed by atoms with Crippen LogP contribution in [0.15, 0.2) is 60.7 Å². The molecule has 40 heavy (non-hydrogen) atoms. The number of hydrogen-bond acceptors (Lipinski definition) is 5. The SMILES string of the molecule is CN(Cc1ccc(C(=O)O)cc1)c1ccc(OCc2c(-c3c(Cl)cccc3Cl)nsc2C2CC2)cc1C(F)(F)F. The number of rotatable bonds is 9. The van der Waals surface area contributed by atoms with Gasteiger partial charge < -0.3 is 14.7 Å². The summed E-state index contributed by atoms with van der Waals surface area (Å²) in [5.41, 5.74) is 1.86. The van der Waals surface area contributed by atoms with E-state index in [1.165, 1.54) is 40.7 Å². The van der Waals surface area contributed by atoms with Crippen molar-refractivity contribution < 1.29 is 27.8 Å². The topological polar surface area (TPSA) is 62.7 Å². The number of carboxylic acids is 1. The van der Waals surface area contributed by atoms with Crippen molar-refractivity contribution in [2.45, 2.75) is 38.1 Å². The molecule has 4 aromatic rings. The Kier molecular flexibility index (Phi) is 7.99. The maximum absolute atomic E-state index is 14.2. The van der Waals surface area contributed by atoms with Gasteiger partial charge >= 0.3 is 12.1 Å². The van der Waals surface area contributed by atoms with Gasteiger partial charge in [0.25, 0.3) is 0 Å². The van der Waals surface area contributed by atoms with Crippen LogP contribution in [-0.2, 0) is 19.3 Å². The van der Waals surface area contributed by atoms with Gasteiger partial charge in [0.15, 0.2) is 0 Å². The summed E-state index contributed by atoms with van der Waals surface area (Å²) < 4.78 is 53.0. The summed E-state index contributed by atoms with van der Waals surface area (Å²) in [5.74, 6) is -0.656. The van der Waals surface area contributed by atoms with Gasteiger partial charge in [-0.05, 0) is 78.3 Å². The highest BCUT2D eigenvalue weighted by molar-refractivity contribution is 7.06. The number of carboxylic acid groups (broad SMARTS) is 1. The van der Waals surface area contributed by atoms with Crippen LogP contribution >= 0.6 is 34.7 Å². The first-order valence-corrected chi connectivity index (χ1v) is 13.9. The second kappa shape index (κ2) is 11.3. The number of aromatic nitrogens is 1. The zero-order valence-corrected chi connectivity index (χ0v) is 23.5. The molecule has 1 fully saturated rings. The molecule has 208 valence electrons. The molecule has 0 unspecified atom stereocenters. The summed E-state index contributed by atoms with van der Waals surface area (Å²) in [6.07, 6.45) is -2.60. The van der Waals surface area contributed by atoms with Gasteiger partial charge in [-0.25, -0.2) is 4.79 Å². The van der Waals surface area contributed by atoms with Crippen LogP contribution < -0.4 is 9.64 Å². The van der Waals surface area contributed by atoms with E-state index in [1.54, 1.807) is 37.4 Å². The highest BCUT2D eigenvalue weighted by atomic mass is 35.5. The fourth-order valence-electron chi connectivity index (χ4n) is 4.48. The largest absolute Gasteiger partial charge is 0.489 e. The van der Waals surface area contributed by atoms with Crippen molar-refractivity contribution in [1.29, 1.82) is 0 Å². The van der Waals surface area contributed by atoms with Crippen LogP contribution in [0.2, 0.25) is 10.0 Å². The number of nitrogens with zero attached hydrogens (tertiary/aromatic N) is 2. The molecule has 0 saturated heterocycles. The molecule has 5 rings (SSSR count). The van der Waals surface area contributed by atoms with E-state index < -0.39 is 17.7 Å². The summed E-state index contributed by atoms with van der Waals surface area (Å²) in [6.45, 7) is 0.165. The third kappa shape index (κ3) is 6.06. The van der Waals surface area contributed by atoms with E-state index in [2.05, 4.69) is 4.37 Å². The molecule has 3 aromatic carbocycles. The summed E-state index contributed by atoms with van der Waals surface area (Å²) in [4.78, 5) is 13.6. The highest BCUT2D eigenvalue weighted by Crippen LogP contribution is 2.48. The second-order valence-electron chi connectivity index (χ2n) is 9.57. The van der Waals surface area contributed by atoms with Crippen LogP contribution in [0.25, 0.3) is 11.3 Å². The maximum Gasteiger partial charge on any atom is 0.418 e. The van der Waals surface area contributed by atoms with Crippen molar-refractivity contribution in [3.05, 3.63) is 97.8 Å². The van der Waals surface area contributed by atoms with Gasteiger partial charge in [-0.1, -0.05) is 41.4 Å². The Morgan fingerprint density at radius 2 is 1.77 bits per heavy atom. The van der Waals surface area contributed by atoms with Crippen molar-refractivity contribution in [3.8, 4) is 17.0 Å². The van der Waals surface area contributed by atoms with Gasteiger partial charge in [0.2, 0.25) is 0 Å². The lowest BCUT2D eigenvalue weighted by atomic mass is 10.0. The van der Waals surface area contributed by atoms with E-state index in [9.17, 15) is 18.0 Å². The van der Waals surface area contributed by atoms with Crippen molar-refractivity contribution in [1.82, 2.24) is 4.37 Å².